The molecule has 0 radical (unpaired) electrons. The molecule has 1 fully saturated rings. The van der Waals surface area contributed by atoms with Crippen LogP contribution < -0.4 is 10.2 Å². The number of hydrogen-bond donors (Lipinski definition) is 2. The second kappa shape index (κ2) is 9.02. The maximum absolute atomic E-state index is 13.0. The molecular weight excluding hydrogens is 393 g/mol. The van der Waals surface area contributed by atoms with Crippen molar-refractivity contribution in [2.24, 2.45) is 0 Å². The molecule has 0 bridgehead atoms. The summed E-state index contributed by atoms with van der Waals surface area (Å²) < 4.78 is 40.1. The van der Waals surface area contributed by atoms with Crippen molar-refractivity contribution in [1.29, 1.82) is 0 Å². The first-order valence-electron chi connectivity index (χ1n) is 9.71. The van der Waals surface area contributed by atoms with Crippen molar-refractivity contribution in [3.8, 4) is 0 Å². The van der Waals surface area contributed by atoms with Gasteiger partial charge in [0, 0.05) is 6.54 Å². The number of sulfonamides is 1. The molecule has 8 heteroatoms. The van der Waals surface area contributed by atoms with Crippen molar-refractivity contribution >= 4 is 15.9 Å². The van der Waals surface area contributed by atoms with E-state index in [0.29, 0.717) is 37.6 Å². The van der Waals surface area contributed by atoms with Crippen LogP contribution in [0.1, 0.15) is 18.1 Å². The second-order valence-electron chi connectivity index (χ2n) is 7.44. The van der Waals surface area contributed by atoms with Crippen LogP contribution in [0, 0.1) is 12.7 Å². The van der Waals surface area contributed by atoms with Gasteiger partial charge in [-0.25, -0.2) is 12.8 Å². The van der Waals surface area contributed by atoms with Crippen LogP contribution in [0.15, 0.2) is 53.4 Å². The van der Waals surface area contributed by atoms with Gasteiger partial charge in [0.05, 0.1) is 31.1 Å². The molecule has 1 amide bonds. The minimum absolute atomic E-state index is 0.0980. The highest BCUT2D eigenvalue weighted by Gasteiger charge is 2.34. The molecule has 29 heavy (non-hydrogen) atoms. The third kappa shape index (κ3) is 5.20. The first kappa shape index (κ1) is 21.4. The number of benzene rings is 2. The highest BCUT2D eigenvalue weighted by molar-refractivity contribution is 7.89. The zero-order valence-corrected chi connectivity index (χ0v) is 17.5. The van der Waals surface area contributed by atoms with Crippen molar-refractivity contribution in [1.82, 2.24) is 9.62 Å². The maximum atomic E-state index is 13.0. The predicted octanol–water partition coefficient (Wildman–Crippen LogP) is 0.728. The Morgan fingerprint density at radius 1 is 1.10 bits per heavy atom. The minimum Gasteiger partial charge on any atom is -0.347 e. The summed E-state index contributed by atoms with van der Waals surface area (Å²) in [4.78, 5) is 13.8. The molecule has 2 N–H and O–H groups in total. The Morgan fingerprint density at radius 2 is 1.69 bits per heavy atom. The molecule has 0 aromatic heterocycles. The Labute approximate surface area is 171 Å². The first-order valence-corrected chi connectivity index (χ1v) is 11.1. The van der Waals surface area contributed by atoms with Gasteiger partial charge in [-0.2, -0.15) is 4.31 Å². The van der Waals surface area contributed by atoms with Gasteiger partial charge >= 0.3 is 0 Å². The molecule has 2 aromatic rings. The molecule has 2 aromatic carbocycles. The van der Waals surface area contributed by atoms with Gasteiger partial charge in [-0.05, 0) is 43.7 Å². The number of hydrogen-bond acceptors (Lipinski definition) is 3. The van der Waals surface area contributed by atoms with E-state index in [0.717, 1.165) is 16.0 Å². The van der Waals surface area contributed by atoms with Crippen molar-refractivity contribution in [2.75, 3.05) is 26.2 Å². The standard InChI is InChI=1S/C21H26FN3O3S/c1-16-3-9-20(10-4-16)29(27,28)25-13-11-24(12-14-25)17(2)21(26)23-15-18-5-7-19(22)8-6-18/h3-10,17H,11-15H2,1-2H3,(H,23,26)/p+1/t17-/m0/s1. The Morgan fingerprint density at radius 3 is 2.28 bits per heavy atom. The molecular formula is C21H27FN3O3S+. The van der Waals surface area contributed by atoms with Crippen molar-refractivity contribution < 1.29 is 22.5 Å². The first-order chi connectivity index (χ1) is 13.8. The van der Waals surface area contributed by atoms with Gasteiger partial charge in [0.2, 0.25) is 10.0 Å². The highest BCUT2D eigenvalue weighted by atomic mass is 32.2. The van der Waals surface area contributed by atoms with E-state index in [1.165, 1.54) is 16.4 Å². The molecule has 0 aliphatic carbocycles. The van der Waals surface area contributed by atoms with Crippen LogP contribution >= 0.6 is 0 Å². The number of aryl methyl sites for hydroxylation is 1. The van der Waals surface area contributed by atoms with Gasteiger partial charge in [-0.3, -0.25) is 4.79 Å². The molecule has 1 heterocycles. The molecule has 1 atom stereocenters. The van der Waals surface area contributed by atoms with Crippen molar-refractivity contribution in [3.05, 3.63) is 65.5 Å². The summed E-state index contributed by atoms with van der Waals surface area (Å²) in [6.07, 6.45) is 0. The third-order valence-electron chi connectivity index (χ3n) is 5.41. The fraction of sp³-hybridized carbons (Fsp3) is 0.381. The van der Waals surface area contributed by atoms with Crippen LogP contribution in [-0.4, -0.2) is 50.9 Å². The largest absolute Gasteiger partial charge is 0.347 e. The lowest BCUT2D eigenvalue weighted by Gasteiger charge is -2.34. The molecule has 1 aliphatic heterocycles. The van der Waals surface area contributed by atoms with Crippen LogP contribution in [0.3, 0.4) is 0 Å². The number of quaternary nitrogens is 1. The smallest absolute Gasteiger partial charge is 0.278 e. The van der Waals surface area contributed by atoms with Crippen LogP contribution in [0.25, 0.3) is 0 Å². The Balaban J connectivity index is 1.53. The van der Waals surface area contributed by atoms with Gasteiger partial charge in [-0.15, -0.1) is 0 Å². The van der Waals surface area contributed by atoms with Gasteiger partial charge < -0.3 is 10.2 Å². The fourth-order valence-corrected chi connectivity index (χ4v) is 4.88. The van der Waals surface area contributed by atoms with Crippen LogP contribution in [-0.2, 0) is 21.4 Å². The Kier molecular flexibility index (Phi) is 6.66. The lowest BCUT2D eigenvalue weighted by Crippen LogP contribution is -3.19. The zero-order chi connectivity index (χ0) is 21.0. The summed E-state index contributed by atoms with van der Waals surface area (Å²) in [5.41, 5.74) is 1.84. The van der Waals surface area contributed by atoms with E-state index in [2.05, 4.69) is 5.32 Å². The minimum atomic E-state index is -3.51. The number of halogens is 1. The fourth-order valence-electron chi connectivity index (χ4n) is 3.44. The second-order valence-corrected chi connectivity index (χ2v) is 9.38. The third-order valence-corrected chi connectivity index (χ3v) is 7.32. The van der Waals surface area contributed by atoms with Gasteiger partial charge in [0.25, 0.3) is 5.91 Å². The number of amides is 1. The molecule has 1 aliphatic rings. The Bertz CT molecular complexity index is 938. The summed E-state index contributed by atoms with van der Waals surface area (Å²) in [5.74, 6) is -0.407. The van der Waals surface area contributed by atoms with Crippen molar-refractivity contribution in [3.63, 3.8) is 0 Å². The Hall–Kier alpha value is -2.29. The average Bonchev–Trinajstić information content (AvgIpc) is 2.73. The highest BCUT2D eigenvalue weighted by Crippen LogP contribution is 2.16. The summed E-state index contributed by atoms with van der Waals surface area (Å²) in [5, 5.41) is 2.87. The van der Waals surface area contributed by atoms with Crippen LogP contribution in [0.2, 0.25) is 0 Å². The summed E-state index contributed by atoms with van der Waals surface area (Å²) in [7, 11) is -3.51. The number of carbonyl (C=O) groups is 1. The summed E-state index contributed by atoms with van der Waals surface area (Å²) in [6.45, 7) is 5.99. The lowest BCUT2D eigenvalue weighted by molar-refractivity contribution is -0.917. The quantitative estimate of drug-likeness (QED) is 0.724. The van der Waals surface area contributed by atoms with Gasteiger partial charge in [0.15, 0.2) is 6.04 Å². The van der Waals surface area contributed by atoms with Crippen LogP contribution in [0.5, 0.6) is 0 Å². The molecule has 156 valence electrons. The molecule has 1 saturated heterocycles. The lowest BCUT2D eigenvalue weighted by atomic mass is 10.2. The van der Waals surface area contributed by atoms with E-state index in [1.54, 1.807) is 36.4 Å². The van der Waals surface area contributed by atoms with Gasteiger partial charge in [0.1, 0.15) is 5.82 Å². The van der Waals surface area contributed by atoms with E-state index in [-0.39, 0.29) is 17.8 Å². The number of rotatable bonds is 6. The SMILES string of the molecule is Cc1ccc(S(=O)(=O)N2CC[NH+]([C@@H](C)C(=O)NCc3ccc(F)cc3)CC2)cc1. The van der Waals surface area contributed by atoms with E-state index in [4.69, 9.17) is 0 Å². The average molecular weight is 421 g/mol. The molecule has 6 nitrogen and oxygen atoms in total. The van der Waals surface area contributed by atoms with E-state index >= 15 is 0 Å². The molecule has 0 saturated carbocycles. The van der Waals surface area contributed by atoms with Crippen LogP contribution in [0.4, 0.5) is 4.39 Å². The number of carbonyl (C=O) groups excluding carboxylic acids is 1. The number of nitrogens with zero attached hydrogens (tertiary/aromatic N) is 1. The molecule has 3 rings (SSSR count). The predicted molar refractivity (Wildman–Crippen MR) is 108 cm³/mol. The van der Waals surface area contributed by atoms with Crippen molar-refractivity contribution in [2.45, 2.75) is 31.3 Å². The number of nitrogens with one attached hydrogen (secondary N) is 2. The van der Waals surface area contributed by atoms with E-state index in [1.807, 2.05) is 13.8 Å². The molecule has 0 spiro atoms. The monoisotopic (exact) mass is 420 g/mol. The summed E-state index contributed by atoms with van der Waals surface area (Å²) >= 11 is 0. The summed E-state index contributed by atoms with van der Waals surface area (Å²) in [6, 6.07) is 12.6. The topological polar surface area (TPSA) is 70.9 Å². The maximum Gasteiger partial charge on any atom is 0.278 e. The normalized spacial score (nSPS) is 17.1. The zero-order valence-electron chi connectivity index (χ0n) is 16.7. The van der Waals surface area contributed by atoms with E-state index < -0.39 is 10.0 Å². The van der Waals surface area contributed by atoms with E-state index in [9.17, 15) is 17.6 Å². The number of piperazine rings is 1. The van der Waals surface area contributed by atoms with Gasteiger partial charge in [-0.1, -0.05) is 29.8 Å². The molecule has 0 unspecified atom stereocenters.